The van der Waals surface area contributed by atoms with Gasteiger partial charge in [0.05, 0.1) is 8.80 Å². The third-order valence-electron chi connectivity index (χ3n) is 0.365. The van der Waals surface area contributed by atoms with Gasteiger partial charge < -0.3 is 5.21 Å². The fourth-order valence-corrected chi connectivity index (χ4v) is 0.400. The van der Waals surface area contributed by atoms with Crippen molar-refractivity contribution in [1.82, 2.24) is 0 Å². The summed E-state index contributed by atoms with van der Waals surface area (Å²) in [6.45, 7) is 4.17. The Hall–Kier alpha value is -0.313. The molecule has 0 aromatic heterocycles. The quantitative estimate of drug-likeness (QED) is 0.222. The Labute approximate surface area is 39.1 Å². The molecule has 6 heavy (non-hydrogen) atoms. The van der Waals surface area contributed by atoms with Gasteiger partial charge in [0.1, 0.15) is 0 Å². The van der Waals surface area contributed by atoms with Gasteiger partial charge in [-0.3, -0.25) is 0 Å². The maximum atomic E-state index is 7.84. The number of hydrogen-bond donors (Lipinski definition) is 1. The van der Waals surface area contributed by atoms with Crippen molar-refractivity contribution in [3.8, 4) is 0 Å². The highest BCUT2D eigenvalue weighted by molar-refractivity contribution is 6.83. The lowest BCUT2D eigenvalue weighted by Crippen LogP contribution is -2.00. The lowest BCUT2D eigenvalue weighted by Gasteiger charge is -1.81. The first kappa shape index (κ1) is 5.69. The zero-order valence-electron chi connectivity index (χ0n) is 4.05. The number of oxime groups is 1. The molecule has 0 saturated heterocycles. The van der Waals surface area contributed by atoms with E-state index < -0.39 is 8.80 Å². The zero-order valence-corrected chi connectivity index (χ0v) is 5.20. The molecule has 36 valence electrons. The molecule has 0 spiro atoms. The van der Waals surface area contributed by atoms with Gasteiger partial charge >= 0.3 is 0 Å². The monoisotopic (exact) mass is 103 g/mol. The van der Waals surface area contributed by atoms with Gasteiger partial charge in [0.25, 0.3) is 0 Å². The van der Waals surface area contributed by atoms with Crippen LogP contribution in [-0.2, 0) is 0 Å². The molecule has 3 heteroatoms. The molecule has 0 unspecified atom stereocenters. The second-order valence-electron chi connectivity index (χ2n) is 1.51. The predicted molar refractivity (Wildman–Crippen MR) is 29.2 cm³/mol. The van der Waals surface area contributed by atoms with Crippen molar-refractivity contribution in [1.29, 1.82) is 0 Å². The van der Waals surface area contributed by atoms with E-state index in [2.05, 4.69) is 18.2 Å². The molecular weight excluding hydrogens is 94.1 g/mol. The van der Waals surface area contributed by atoms with Gasteiger partial charge in [0.15, 0.2) is 0 Å². The normalized spacial score (nSPS) is 11.2. The van der Waals surface area contributed by atoms with Crippen molar-refractivity contribution >= 4 is 14.6 Å². The molecule has 0 fully saturated rings. The molecule has 0 rings (SSSR count). The Morgan fingerprint density at radius 1 is 1.67 bits per heavy atom. The van der Waals surface area contributed by atoms with E-state index >= 15 is 0 Å². The summed E-state index contributed by atoms with van der Waals surface area (Å²) in [7, 11) is -0.712. The molecule has 0 radical (unpaired) electrons. The van der Waals surface area contributed by atoms with Gasteiger partial charge in [0.2, 0.25) is 0 Å². The van der Waals surface area contributed by atoms with E-state index in [9.17, 15) is 0 Å². The number of hydrogen-bond acceptors (Lipinski definition) is 2. The second-order valence-corrected chi connectivity index (χ2v) is 4.29. The minimum absolute atomic E-state index is 0.712. The van der Waals surface area contributed by atoms with Crippen molar-refractivity contribution < 1.29 is 5.21 Å². The van der Waals surface area contributed by atoms with Crippen LogP contribution in [0.4, 0.5) is 0 Å². The average Bonchev–Trinajstić information content (AvgIpc) is 1.35. The Kier molecular flexibility index (Phi) is 2.75. The molecule has 1 N–H and O–H groups in total. The first-order valence-corrected chi connectivity index (χ1v) is 4.92. The number of rotatable bonds is 1. The molecule has 0 aliphatic heterocycles. The van der Waals surface area contributed by atoms with Crippen LogP contribution in [0.1, 0.15) is 0 Å². The summed E-state index contributed by atoms with van der Waals surface area (Å²) < 4.78 is 0. The Balaban J connectivity index is 3.03. The first-order chi connectivity index (χ1) is 2.77. The summed E-state index contributed by atoms with van der Waals surface area (Å²) in [5.41, 5.74) is 0. The maximum absolute atomic E-state index is 7.84. The van der Waals surface area contributed by atoms with Crippen LogP contribution in [0.5, 0.6) is 0 Å². The van der Waals surface area contributed by atoms with Crippen LogP contribution in [-0.4, -0.2) is 19.8 Å². The van der Waals surface area contributed by atoms with Gasteiger partial charge in [-0.1, -0.05) is 13.1 Å². The van der Waals surface area contributed by atoms with Gasteiger partial charge in [-0.15, -0.1) is 5.16 Å². The van der Waals surface area contributed by atoms with Crippen molar-refractivity contribution in [2.24, 2.45) is 5.16 Å². The maximum Gasteiger partial charge on any atom is 0.0833 e. The van der Waals surface area contributed by atoms with Crippen LogP contribution in [0, 0.1) is 0 Å². The van der Waals surface area contributed by atoms with E-state index in [1.807, 2.05) is 0 Å². The summed E-state index contributed by atoms with van der Waals surface area (Å²) in [4.78, 5) is 0. The molecule has 0 aromatic carbocycles. The lowest BCUT2D eigenvalue weighted by atomic mass is 11.7. The largest absolute Gasteiger partial charge is 0.411 e. The first-order valence-electron chi connectivity index (χ1n) is 1.95. The van der Waals surface area contributed by atoms with Crippen molar-refractivity contribution in [3.05, 3.63) is 0 Å². The lowest BCUT2D eigenvalue weighted by molar-refractivity contribution is 0.322. The molecule has 0 heterocycles. The van der Waals surface area contributed by atoms with Crippen LogP contribution < -0.4 is 0 Å². The van der Waals surface area contributed by atoms with Crippen LogP contribution in [0.15, 0.2) is 5.16 Å². The third kappa shape index (κ3) is 3.69. The van der Waals surface area contributed by atoms with E-state index in [-0.39, 0.29) is 0 Å². The second kappa shape index (κ2) is 2.90. The third-order valence-corrected chi connectivity index (χ3v) is 1.09. The highest BCUT2D eigenvalue weighted by atomic mass is 28.3. The minimum Gasteiger partial charge on any atom is -0.411 e. The molecule has 0 bridgehead atoms. The van der Waals surface area contributed by atoms with Crippen molar-refractivity contribution in [3.63, 3.8) is 0 Å². The van der Waals surface area contributed by atoms with Crippen molar-refractivity contribution in [2.75, 3.05) is 0 Å². The van der Waals surface area contributed by atoms with Crippen LogP contribution in [0.2, 0.25) is 13.1 Å². The predicted octanol–water partition coefficient (Wildman–Crippen LogP) is 0.472. The standard InChI is InChI=1S/C3H9NOSi/c1-6(2)3-4-5/h3,5-6H,1-2H3. The van der Waals surface area contributed by atoms with E-state index in [4.69, 9.17) is 5.21 Å². The Morgan fingerprint density at radius 2 is 2.17 bits per heavy atom. The topological polar surface area (TPSA) is 32.6 Å². The summed E-state index contributed by atoms with van der Waals surface area (Å²) in [6, 6.07) is 0. The highest BCUT2D eigenvalue weighted by Gasteiger charge is 1.83. The van der Waals surface area contributed by atoms with E-state index in [0.29, 0.717) is 0 Å². The average molecular weight is 103 g/mol. The van der Waals surface area contributed by atoms with Crippen LogP contribution >= 0.6 is 0 Å². The van der Waals surface area contributed by atoms with Gasteiger partial charge in [-0.2, -0.15) is 0 Å². The van der Waals surface area contributed by atoms with E-state index in [0.717, 1.165) is 0 Å². The van der Waals surface area contributed by atoms with Crippen molar-refractivity contribution in [2.45, 2.75) is 13.1 Å². The molecule has 0 aromatic rings. The van der Waals surface area contributed by atoms with Gasteiger partial charge in [0, 0.05) is 5.84 Å². The molecule has 2 nitrogen and oxygen atoms in total. The fraction of sp³-hybridized carbons (Fsp3) is 0.667. The van der Waals surface area contributed by atoms with Crippen LogP contribution in [0.25, 0.3) is 0 Å². The molecular formula is C3H9NOSi. The fourth-order valence-electron chi connectivity index (χ4n) is 0.133. The molecule has 0 aliphatic rings. The SMILES string of the molecule is C[SiH](C)C=NO. The van der Waals surface area contributed by atoms with Crippen LogP contribution in [0.3, 0.4) is 0 Å². The smallest absolute Gasteiger partial charge is 0.0833 e. The Morgan fingerprint density at radius 3 is 2.17 bits per heavy atom. The minimum atomic E-state index is -0.712. The molecule has 0 saturated carbocycles. The van der Waals surface area contributed by atoms with Gasteiger partial charge in [-0.05, 0) is 0 Å². The summed E-state index contributed by atoms with van der Waals surface area (Å²) in [6.07, 6.45) is 0. The molecule has 0 amide bonds. The Bertz CT molecular complexity index is 52.8. The van der Waals surface area contributed by atoms with Gasteiger partial charge in [-0.25, -0.2) is 0 Å². The highest BCUT2D eigenvalue weighted by Crippen LogP contribution is 1.68. The molecule has 0 aliphatic carbocycles. The summed E-state index contributed by atoms with van der Waals surface area (Å²) >= 11 is 0. The molecule has 0 atom stereocenters. The van der Waals surface area contributed by atoms with E-state index in [1.165, 1.54) is 0 Å². The zero-order chi connectivity index (χ0) is 4.99. The van der Waals surface area contributed by atoms with E-state index in [1.54, 1.807) is 5.84 Å². The summed E-state index contributed by atoms with van der Waals surface area (Å²) in [5.74, 6) is 1.61. The summed E-state index contributed by atoms with van der Waals surface area (Å²) in [5, 5.41) is 10.7. The number of nitrogens with zero attached hydrogens (tertiary/aromatic N) is 1.